The molecule has 8 heteroatoms. The normalized spacial score (nSPS) is 18.3. The van der Waals surface area contributed by atoms with Gasteiger partial charge in [-0.05, 0) is 85.4 Å². The maximum absolute atomic E-state index is 12.8. The summed E-state index contributed by atoms with van der Waals surface area (Å²) >= 11 is 0. The SMILES string of the molecule is CCN(CC)CC1CN(OC(=O)OC(C)(C)C)CC(OCc2ccc3ccccc3c2)C1c1ccc(OCCCOCc2ccccc2)cc1. The predicted octanol–water partition coefficient (Wildman–Crippen LogP) is 8.63. The van der Waals surface area contributed by atoms with Crippen LogP contribution in [0.1, 0.15) is 63.6 Å². The molecule has 0 saturated carbocycles. The van der Waals surface area contributed by atoms with Crippen molar-refractivity contribution < 1.29 is 28.6 Å². The molecule has 3 unspecified atom stereocenters. The van der Waals surface area contributed by atoms with Gasteiger partial charge in [-0.25, -0.2) is 4.79 Å². The van der Waals surface area contributed by atoms with Crippen molar-refractivity contribution in [3.05, 3.63) is 114 Å². The van der Waals surface area contributed by atoms with Crippen molar-refractivity contribution in [2.45, 2.75) is 71.9 Å². The Morgan fingerprint density at radius 2 is 1.52 bits per heavy atom. The molecule has 8 nitrogen and oxygen atoms in total. The van der Waals surface area contributed by atoms with Crippen LogP contribution < -0.4 is 4.74 Å². The molecule has 0 bridgehead atoms. The summed E-state index contributed by atoms with van der Waals surface area (Å²) in [4.78, 5) is 21.1. The van der Waals surface area contributed by atoms with Crippen LogP contribution in [0, 0.1) is 5.92 Å². The van der Waals surface area contributed by atoms with Gasteiger partial charge in [0.25, 0.3) is 0 Å². The maximum Gasteiger partial charge on any atom is 0.528 e. The average Bonchev–Trinajstić information content (AvgIpc) is 3.11. The van der Waals surface area contributed by atoms with Crippen LogP contribution in [0.15, 0.2) is 97.1 Å². The second-order valence-electron chi connectivity index (χ2n) is 14.0. The topological polar surface area (TPSA) is 69.7 Å². The van der Waals surface area contributed by atoms with Gasteiger partial charge in [-0.3, -0.25) is 0 Å². The maximum atomic E-state index is 12.8. The number of benzene rings is 4. The van der Waals surface area contributed by atoms with Gasteiger partial charge in [0.05, 0.1) is 39.1 Å². The Morgan fingerprint density at radius 1 is 0.800 bits per heavy atom. The molecule has 0 N–H and O–H groups in total. The summed E-state index contributed by atoms with van der Waals surface area (Å²) in [6.45, 7) is 15.8. The summed E-state index contributed by atoms with van der Waals surface area (Å²) < 4.78 is 24.2. The molecular formula is C42H54N2O6. The van der Waals surface area contributed by atoms with E-state index < -0.39 is 11.8 Å². The summed E-state index contributed by atoms with van der Waals surface area (Å²) in [5, 5.41) is 4.12. The smallest absolute Gasteiger partial charge is 0.494 e. The van der Waals surface area contributed by atoms with Gasteiger partial charge in [0.15, 0.2) is 0 Å². The Hall–Kier alpha value is -3.95. The number of carbonyl (C=O) groups is 1. The van der Waals surface area contributed by atoms with E-state index in [1.54, 1.807) is 5.06 Å². The van der Waals surface area contributed by atoms with Gasteiger partial charge in [-0.2, -0.15) is 0 Å². The summed E-state index contributed by atoms with van der Waals surface area (Å²) in [6.07, 6.45) is -0.133. The molecule has 1 saturated heterocycles. The summed E-state index contributed by atoms with van der Waals surface area (Å²) in [5.74, 6) is 1.02. The highest BCUT2D eigenvalue weighted by Crippen LogP contribution is 2.37. The molecule has 1 heterocycles. The van der Waals surface area contributed by atoms with Crippen LogP contribution in [0.3, 0.4) is 0 Å². The lowest BCUT2D eigenvalue weighted by molar-refractivity contribution is -0.192. The van der Waals surface area contributed by atoms with Crippen LogP contribution in [0.2, 0.25) is 0 Å². The Labute approximate surface area is 298 Å². The molecule has 268 valence electrons. The van der Waals surface area contributed by atoms with E-state index in [1.807, 2.05) is 39.0 Å². The monoisotopic (exact) mass is 682 g/mol. The highest BCUT2D eigenvalue weighted by atomic mass is 16.8. The van der Waals surface area contributed by atoms with E-state index in [-0.39, 0.29) is 17.9 Å². The average molecular weight is 683 g/mol. The number of rotatable bonds is 16. The Balaban J connectivity index is 1.30. The molecule has 1 aliphatic rings. The van der Waals surface area contributed by atoms with E-state index in [9.17, 15) is 4.79 Å². The standard InChI is InChI=1S/C42H54N2O6/c1-6-43(7-2)27-37-28-44(50-41(45)49-42(3,4)5)29-39(48-31-33-18-19-34-16-11-12-17-36(34)26-33)40(37)35-20-22-38(23-21-35)47-25-13-24-46-30-32-14-9-8-10-15-32/h8-12,14-23,26,37,39-40H,6-7,13,24-25,27-31H2,1-5H3. The van der Waals surface area contributed by atoms with Crippen LogP contribution in [-0.4, -0.2) is 73.8 Å². The van der Waals surface area contributed by atoms with E-state index in [4.69, 9.17) is 23.8 Å². The zero-order chi connectivity index (χ0) is 35.3. The van der Waals surface area contributed by atoms with Gasteiger partial charge in [0.2, 0.25) is 0 Å². The number of hydrogen-bond acceptors (Lipinski definition) is 8. The van der Waals surface area contributed by atoms with Crippen LogP contribution >= 0.6 is 0 Å². The summed E-state index contributed by atoms with van der Waals surface area (Å²) in [5.41, 5.74) is 2.80. The number of piperidine rings is 1. The van der Waals surface area contributed by atoms with Crippen molar-refractivity contribution >= 4 is 16.9 Å². The first-order chi connectivity index (χ1) is 24.2. The van der Waals surface area contributed by atoms with E-state index in [0.29, 0.717) is 39.5 Å². The molecule has 4 aromatic rings. The number of hydrogen-bond donors (Lipinski definition) is 0. The third-order valence-electron chi connectivity index (χ3n) is 9.07. The minimum atomic E-state index is -0.696. The van der Waals surface area contributed by atoms with E-state index >= 15 is 0 Å². The molecule has 1 fully saturated rings. The van der Waals surface area contributed by atoms with Gasteiger partial charge in [0.1, 0.15) is 11.4 Å². The molecule has 3 atom stereocenters. The van der Waals surface area contributed by atoms with Gasteiger partial charge in [-0.15, -0.1) is 5.06 Å². The Morgan fingerprint density at radius 3 is 2.24 bits per heavy atom. The Bertz CT molecular complexity index is 1600. The summed E-state index contributed by atoms with van der Waals surface area (Å²) in [6, 6.07) is 33.5. The summed E-state index contributed by atoms with van der Waals surface area (Å²) in [7, 11) is 0. The van der Waals surface area contributed by atoms with Gasteiger partial charge in [0, 0.05) is 25.4 Å². The lowest BCUT2D eigenvalue weighted by Gasteiger charge is -2.44. The molecule has 0 spiro atoms. The molecule has 0 radical (unpaired) electrons. The minimum absolute atomic E-state index is 0.0648. The quantitative estimate of drug-likeness (QED) is 0.0860. The first-order valence-electron chi connectivity index (χ1n) is 18.0. The molecule has 5 rings (SSSR count). The third kappa shape index (κ3) is 11.3. The largest absolute Gasteiger partial charge is 0.528 e. The number of hydroxylamine groups is 2. The second kappa shape index (κ2) is 18.3. The van der Waals surface area contributed by atoms with Crippen molar-refractivity contribution in [2.75, 3.05) is 45.9 Å². The van der Waals surface area contributed by atoms with Crippen molar-refractivity contribution in [1.29, 1.82) is 0 Å². The lowest BCUT2D eigenvalue weighted by Crippen LogP contribution is -2.52. The first kappa shape index (κ1) is 37.3. The predicted molar refractivity (Wildman–Crippen MR) is 198 cm³/mol. The number of carbonyl (C=O) groups excluding carboxylic acids is 1. The van der Waals surface area contributed by atoms with Crippen LogP contribution in [-0.2, 0) is 32.3 Å². The van der Waals surface area contributed by atoms with Crippen molar-refractivity contribution in [3.8, 4) is 5.75 Å². The van der Waals surface area contributed by atoms with Crippen molar-refractivity contribution in [2.24, 2.45) is 5.92 Å². The van der Waals surface area contributed by atoms with E-state index in [2.05, 4.69) is 97.6 Å². The lowest BCUT2D eigenvalue weighted by atomic mass is 9.78. The number of ether oxygens (including phenoxy) is 4. The molecule has 50 heavy (non-hydrogen) atoms. The van der Waals surface area contributed by atoms with E-state index in [1.165, 1.54) is 21.9 Å². The number of nitrogens with zero attached hydrogens (tertiary/aromatic N) is 2. The third-order valence-corrected chi connectivity index (χ3v) is 9.07. The van der Waals surface area contributed by atoms with Gasteiger partial charge in [-0.1, -0.05) is 92.7 Å². The molecular weight excluding hydrogens is 628 g/mol. The van der Waals surface area contributed by atoms with Gasteiger partial charge < -0.3 is 28.7 Å². The minimum Gasteiger partial charge on any atom is -0.494 e. The molecule has 0 amide bonds. The number of fused-ring (bicyclic) bond motifs is 1. The van der Waals surface area contributed by atoms with Crippen molar-refractivity contribution in [1.82, 2.24) is 9.96 Å². The molecule has 0 aromatic heterocycles. The van der Waals surface area contributed by atoms with Crippen LogP contribution in [0.4, 0.5) is 4.79 Å². The van der Waals surface area contributed by atoms with Crippen molar-refractivity contribution in [3.63, 3.8) is 0 Å². The highest BCUT2D eigenvalue weighted by Gasteiger charge is 2.41. The van der Waals surface area contributed by atoms with Crippen LogP contribution in [0.25, 0.3) is 10.8 Å². The molecule has 0 aliphatic carbocycles. The first-order valence-corrected chi connectivity index (χ1v) is 18.0. The molecule has 4 aromatic carbocycles. The zero-order valence-corrected chi connectivity index (χ0v) is 30.4. The van der Waals surface area contributed by atoms with Crippen LogP contribution in [0.5, 0.6) is 5.75 Å². The second-order valence-corrected chi connectivity index (χ2v) is 14.0. The van der Waals surface area contributed by atoms with E-state index in [0.717, 1.165) is 37.4 Å². The fraction of sp³-hybridized carbons (Fsp3) is 0.452. The molecule has 1 aliphatic heterocycles. The fourth-order valence-corrected chi connectivity index (χ4v) is 6.58. The van der Waals surface area contributed by atoms with Gasteiger partial charge >= 0.3 is 6.16 Å². The zero-order valence-electron chi connectivity index (χ0n) is 30.4. The highest BCUT2D eigenvalue weighted by molar-refractivity contribution is 5.82. The Kier molecular flexibility index (Phi) is 13.7. The fourth-order valence-electron chi connectivity index (χ4n) is 6.58.